The van der Waals surface area contributed by atoms with Gasteiger partial charge in [0.15, 0.2) is 0 Å². The molecule has 4 rings (SSSR count). The van der Waals surface area contributed by atoms with Gasteiger partial charge in [0.05, 0.1) is 12.7 Å². The van der Waals surface area contributed by atoms with Crippen LogP contribution in [0.3, 0.4) is 0 Å². The predicted octanol–water partition coefficient (Wildman–Crippen LogP) is 5.39. The second-order valence-electron chi connectivity index (χ2n) is 13.1. The first-order valence-corrected chi connectivity index (χ1v) is 19.1. The maximum atomic E-state index is 10.9. The minimum atomic E-state index is -0.511. The van der Waals surface area contributed by atoms with Crippen molar-refractivity contribution in [1.82, 2.24) is 25.8 Å². The van der Waals surface area contributed by atoms with Gasteiger partial charge in [0, 0.05) is 45.9 Å². The number of likely N-dealkylation sites (N-methyl/N-ethyl adjacent to an activating group) is 1. The summed E-state index contributed by atoms with van der Waals surface area (Å²) in [7, 11) is 0. The molecule has 1 aliphatic heterocycles. The molecule has 1 fully saturated rings. The van der Waals surface area contributed by atoms with Crippen LogP contribution >= 0.6 is 0 Å². The predicted molar refractivity (Wildman–Crippen MR) is 209 cm³/mol. The summed E-state index contributed by atoms with van der Waals surface area (Å²) in [5.41, 5.74) is 6.09. The number of hydrogen-bond acceptors (Lipinski definition) is 8. The molecule has 0 bridgehead atoms. The third kappa shape index (κ3) is 14.6. The molecule has 1 heterocycles. The molecule has 8 nitrogen and oxygen atoms in total. The number of nitrogens with one attached hydrogen (secondary N) is 3. The lowest BCUT2D eigenvalue weighted by Crippen LogP contribution is -2.41. The maximum Gasteiger partial charge on any atom is 0.119 e. The van der Waals surface area contributed by atoms with Gasteiger partial charge in [-0.2, -0.15) is 0 Å². The van der Waals surface area contributed by atoms with Gasteiger partial charge < -0.3 is 35.4 Å². The Morgan fingerprint density at radius 1 is 0.720 bits per heavy atom. The molecular formula is C42H63N5O3. The Labute approximate surface area is 302 Å². The highest BCUT2D eigenvalue weighted by Gasteiger charge is 2.16. The van der Waals surface area contributed by atoms with Crippen LogP contribution in [0.1, 0.15) is 56.2 Å². The molecular weight excluding hydrogens is 622 g/mol. The summed E-state index contributed by atoms with van der Waals surface area (Å²) < 4.78 is 12.2. The largest absolute Gasteiger partial charge is 0.492 e. The molecule has 274 valence electrons. The van der Waals surface area contributed by atoms with E-state index in [4.69, 9.17) is 9.47 Å². The van der Waals surface area contributed by atoms with Crippen LogP contribution in [0.4, 0.5) is 0 Å². The summed E-state index contributed by atoms with van der Waals surface area (Å²) in [6.45, 7) is 17.5. The normalized spacial score (nSPS) is 16.8. The lowest BCUT2D eigenvalue weighted by Gasteiger charge is -2.25. The van der Waals surface area contributed by atoms with E-state index in [2.05, 4.69) is 125 Å². The minimum absolute atomic E-state index is 0.347. The van der Waals surface area contributed by atoms with Gasteiger partial charge in [0.2, 0.25) is 0 Å². The second kappa shape index (κ2) is 24.2. The average molecular weight is 686 g/mol. The lowest BCUT2D eigenvalue weighted by molar-refractivity contribution is 0.0162. The Morgan fingerprint density at radius 2 is 1.34 bits per heavy atom. The maximum absolute atomic E-state index is 10.9. The van der Waals surface area contributed by atoms with Gasteiger partial charge in [-0.25, -0.2) is 0 Å². The molecule has 8 heteroatoms. The van der Waals surface area contributed by atoms with Crippen molar-refractivity contribution in [1.29, 1.82) is 0 Å². The number of hydrogen-bond donors (Lipinski definition) is 4. The summed E-state index contributed by atoms with van der Waals surface area (Å²) in [6.07, 6.45) is 3.39. The van der Waals surface area contributed by atoms with E-state index in [1.807, 2.05) is 0 Å². The number of β-amino-alcohol motifs (C(OH)–C–C–N with tert-alkyl or cyclic N) is 1. The lowest BCUT2D eigenvalue weighted by atomic mass is 9.87. The number of ether oxygens (including phenoxy) is 2. The fourth-order valence-electron chi connectivity index (χ4n) is 6.49. The van der Waals surface area contributed by atoms with E-state index in [1.165, 1.54) is 27.8 Å². The van der Waals surface area contributed by atoms with Gasteiger partial charge in [-0.05, 0) is 105 Å². The highest BCUT2D eigenvalue weighted by Crippen LogP contribution is 2.35. The third-order valence-corrected chi connectivity index (χ3v) is 9.31. The molecule has 3 aromatic rings. The van der Waals surface area contributed by atoms with Crippen molar-refractivity contribution in [2.45, 2.75) is 45.6 Å². The van der Waals surface area contributed by atoms with E-state index in [0.29, 0.717) is 26.4 Å². The van der Waals surface area contributed by atoms with Crippen molar-refractivity contribution in [2.24, 2.45) is 0 Å². The third-order valence-electron chi connectivity index (χ3n) is 9.31. The zero-order chi connectivity index (χ0) is 35.1. The van der Waals surface area contributed by atoms with Crippen molar-refractivity contribution in [3.63, 3.8) is 0 Å². The van der Waals surface area contributed by atoms with E-state index >= 15 is 0 Å². The number of rotatable bonds is 17. The topological polar surface area (TPSA) is 81.3 Å². The quantitative estimate of drug-likeness (QED) is 0.111. The van der Waals surface area contributed by atoms with E-state index in [0.717, 1.165) is 103 Å². The molecule has 1 saturated heterocycles. The first-order valence-electron chi connectivity index (χ1n) is 19.1. The van der Waals surface area contributed by atoms with Crippen LogP contribution in [0.5, 0.6) is 5.75 Å². The molecule has 0 spiro atoms. The number of allylic oxidation sites excluding steroid dienone is 1. The molecule has 0 aliphatic carbocycles. The average Bonchev–Trinajstić information content (AvgIpc) is 3.15. The van der Waals surface area contributed by atoms with Crippen molar-refractivity contribution in [3.05, 3.63) is 102 Å². The fourth-order valence-corrected chi connectivity index (χ4v) is 6.49. The van der Waals surface area contributed by atoms with Crippen LogP contribution in [-0.2, 0) is 4.74 Å². The van der Waals surface area contributed by atoms with Gasteiger partial charge in [-0.3, -0.25) is 4.90 Å². The van der Waals surface area contributed by atoms with Gasteiger partial charge in [-0.1, -0.05) is 86.6 Å². The molecule has 1 aliphatic rings. The molecule has 0 aromatic heterocycles. The van der Waals surface area contributed by atoms with Crippen molar-refractivity contribution in [2.75, 3.05) is 98.4 Å². The van der Waals surface area contributed by atoms with Gasteiger partial charge >= 0.3 is 0 Å². The Kier molecular flexibility index (Phi) is 19.2. The highest BCUT2D eigenvalue weighted by molar-refractivity contribution is 5.98. The summed E-state index contributed by atoms with van der Waals surface area (Å²) in [6, 6.07) is 30.0. The van der Waals surface area contributed by atoms with E-state index in [-0.39, 0.29) is 0 Å². The number of benzene rings is 3. The van der Waals surface area contributed by atoms with Crippen LogP contribution < -0.4 is 20.7 Å². The first kappa shape index (κ1) is 39.7. The van der Waals surface area contributed by atoms with Crippen molar-refractivity contribution in [3.8, 4) is 5.75 Å². The Bertz CT molecular complexity index is 1300. The van der Waals surface area contributed by atoms with E-state index in [9.17, 15) is 5.11 Å². The van der Waals surface area contributed by atoms with Crippen LogP contribution in [0, 0.1) is 0 Å². The fraction of sp³-hybridized carbons (Fsp3) is 0.524. The first-order chi connectivity index (χ1) is 24.7. The van der Waals surface area contributed by atoms with E-state index < -0.39 is 6.10 Å². The zero-order valence-corrected chi connectivity index (χ0v) is 30.8. The number of aliphatic hydroxyl groups is 1. The van der Waals surface area contributed by atoms with Gasteiger partial charge in [0.25, 0.3) is 0 Å². The second-order valence-corrected chi connectivity index (χ2v) is 13.1. The molecule has 1 unspecified atom stereocenters. The minimum Gasteiger partial charge on any atom is -0.492 e. The van der Waals surface area contributed by atoms with Crippen LogP contribution in [-0.4, -0.2) is 119 Å². The Hall–Kier alpha value is -3.08. The molecule has 1 atom stereocenters. The smallest absolute Gasteiger partial charge is 0.119 e. The molecule has 0 amide bonds. The van der Waals surface area contributed by atoms with Crippen LogP contribution in [0.15, 0.2) is 84.9 Å². The zero-order valence-electron chi connectivity index (χ0n) is 30.8. The summed E-state index contributed by atoms with van der Waals surface area (Å²) in [5.74, 6) is 0.894. The molecule has 50 heavy (non-hydrogen) atoms. The van der Waals surface area contributed by atoms with Crippen LogP contribution in [0.2, 0.25) is 0 Å². The standard InChI is InChI=1S/C42H63N5O3/c1-3-46(4-2)31-33-50-40-21-19-38(20-22-40)42(37-16-9-6-10-17-37)41(36-14-7-5-8-15-36)18-11-32-49-35-39(48)34-47-29-13-25-44-27-26-43-23-12-24-45-28-30-47/h5-10,14-17,19-22,39,43-45,48H,3-4,11-13,18,23-35H2,1-2H3/b42-41-. The summed E-state index contributed by atoms with van der Waals surface area (Å²) in [5, 5.41) is 21.5. The number of aliphatic hydroxyl groups excluding tert-OH is 1. The Morgan fingerprint density at radius 3 is 2.02 bits per heavy atom. The van der Waals surface area contributed by atoms with Gasteiger partial charge in [-0.15, -0.1) is 0 Å². The molecule has 3 aromatic carbocycles. The Balaban J connectivity index is 1.38. The van der Waals surface area contributed by atoms with Gasteiger partial charge in [0.1, 0.15) is 12.4 Å². The summed E-state index contributed by atoms with van der Waals surface area (Å²) >= 11 is 0. The SMILES string of the molecule is CCN(CC)CCOc1ccc(/C(=C(/CCCOCC(O)CN2CCCNCCNCCCNCC2)c2ccccc2)c2ccccc2)cc1. The van der Waals surface area contributed by atoms with Crippen LogP contribution in [0.25, 0.3) is 11.1 Å². The van der Waals surface area contributed by atoms with Crippen molar-refractivity contribution < 1.29 is 14.6 Å². The molecule has 0 radical (unpaired) electrons. The van der Waals surface area contributed by atoms with E-state index in [1.54, 1.807) is 0 Å². The molecule has 4 N–H and O–H groups in total. The monoisotopic (exact) mass is 685 g/mol. The van der Waals surface area contributed by atoms with Crippen molar-refractivity contribution >= 4 is 11.1 Å². The summed E-state index contributed by atoms with van der Waals surface area (Å²) in [4.78, 5) is 4.74. The highest BCUT2D eigenvalue weighted by atomic mass is 16.5. The molecule has 0 saturated carbocycles. The number of nitrogens with zero attached hydrogens (tertiary/aromatic N) is 2.